The number of phenolic OH excluding ortho intramolecular Hbond substituents is 1. The predicted octanol–water partition coefficient (Wildman–Crippen LogP) is 2.41. The van der Waals surface area contributed by atoms with E-state index in [2.05, 4.69) is 31.9 Å². The summed E-state index contributed by atoms with van der Waals surface area (Å²) in [4.78, 5) is 10.9. The first-order valence-electron chi connectivity index (χ1n) is 4.27. The minimum atomic E-state index is -0.992. The van der Waals surface area contributed by atoms with E-state index in [0.717, 1.165) is 5.56 Å². The van der Waals surface area contributed by atoms with Crippen LogP contribution in [-0.4, -0.2) is 22.1 Å². The van der Waals surface area contributed by atoms with Crippen molar-refractivity contribution in [2.75, 3.05) is 0 Å². The van der Waals surface area contributed by atoms with Gasteiger partial charge in [-0.1, -0.05) is 0 Å². The van der Waals surface area contributed by atoms with E-state index in [1.165, 1.54) is 6.92 Å². The highest BCUT2D eigenvalue weighted by Gasteiger charge is 2.13. The molecule has 0 aliphatic rings. The maximum atomic E-state index is 10.9. The summed E-state index contributed by atoms with van der Waals surface area (Å²) >= 11 is 6.35. The molecule has 2 N–H and O–H groups in total. The molecule has 1 rings (SSSR count). The maximum Gasteiger partial charge on any atom is 0.158 e. The van der Waals surface area contributed by atoms with Crippen LogP contribution < -0.4 is 0 Å². The van der Waals surface area contributed by atoms with Crippen molar-refractivity contribution in [3.05, 3.63) is 26.6 Å². The quantitative estimate of drug-likeness (QED) is 0.890. The van der Waals surface area contributed by atoms with E-state index in [1.54, 1.807) is 12.1 Å². The fourth-order valence-corrected chi connectivity index (χ4v) is 2.38. The second-order valence-electron chi connectivity index (χ2n) is 3.24. The van der Waals surface area contributed by atoms with Crippen molar-refractivity contribution in [2.45, 2.75) is 19.4 Å². The van der Waals surface area contributed by atoms with Gasteiger partial charge in [0, 0.05) is 6.42 Å². The molecular weight excluding hydrogens is 328 g/mol. The molecule has 5 heteroatoms. The van der Waals surface area contributed by atoms with E-state index < -0.39 is 6.10 Å². The molecule has 0 saturated carbocycles. The summed E-state index contributed by atoms with van der Waals surface area (Å²) in [5.41, 5.74) is 0.772. The molecule has 15 heavy (non-hydrogen) atoms. The molecule has 1 aromatic carbocycles. The van der Waals surface area contributed by atoms with E-state index in [0.29, 0.717) is 8.95 Å². The second kappa shape index (κ2) is 5.09. The van der Waals surface area contributed by atoms with E-state index in [1.807, 2.05) is 0 Å². The van der Waals surface area contributed by atoms with Crippen molar-refractivity contribution >= 4 is 37.6 Å². The molecule has 0 aromatic heterocycles. The molecule has 3 nitrogen and oxygen atoms in total. The number of aliphatic hydroxyl groups is 1. The first kappa shape index (κ1) is 12.7. The Morgan fingerprint density at radius 1 is 1.40 bits per heavy atom. The molecule has 0 aliphatic carbocycles. The number of aromatic hydroxyl groups is 1. The average Bonchev–Trinajstić information content (AvgIpc) is 2.13. The van der Waals surface area contributed by atoms with Crippen LogP contribution in [0.4, 0.5) is 0 Å². The van der Waals surface area contributed by atoms with Gasteiger partial charge in [-0.15, -0.1) is 0 Å². The van der Waals surface area contributed by atoms with Gasteiger partial charge in [0.25, 0.3) is 0 Å². The third-order valence-corrected chi connectivity index (χ3v) is 3.18. The van der Waals surface area contributed by atoms with Gasteiger partial charge in [-0.05, 0) is 56.5 Å². The van der Waals surface area contributed by atoms with Crippen LogP contribution in [0.2, 0.25) is 0 Å². The van der Waals surface area contributed by atoms with Crippen LogP contribution in [0, 0.1) is 0 Å². The van der Waals surface area contributed by atoms with Crippen LogP contribution in [0.25, 0.3) is 0 Å². The van der Waals surface area contributed by atoms with Crippen LogP contribution in [0.1, 0.15) is 12.5 Å². The van der Waals surface area contributed by atoms with Crippen LogP contribution >= 0.6 is 31.9 Å². The number of benzene rings is 1. The molecule has 82 valence electrons. The van der Waals surface area contributed by atoms with Gasteiger partial charge in [-0.2, -0.15) is 0 Å². The summed E-state index contributed by atoms with van der Waals surface area (Å²) in [7, 11) is 0. The Labute approximate surface area is 104 Å². The van der Waals surface area contributed by atoms with E-state index in [4.69, 9.17) is 0 Å². The van der Waals surface area contributed by atoms with Crippen LogP contribution in [-0.2, 0) is 11.2 Å². The second-order valence-corrected chi connectivity index (χ2v) is 4.95. The van der Waals surface area contributed by atoms with Gasteiger partial charge in [0.2, 0.25) is 0 Å². The lowest BCUT2D eigenvalue weighted by molar-refractivity contribution is -0.124. The summed E-state index contributed by atoms with van der Waals surface area (Å²) in [6, 6.07) is 3.35. The Hall–Kier alpha value is -0.390. The minimum absolute atomic E-state index is 0.107. The molecule has 0 bridgehead atoms. The summed E-state index contributed by atoms with van der Waals surface area (Å²) in [5, 5.41) is 18.8. The van der Waals surface area contributed by atoms with Gasteiger partial charge in [-0.25, -0.2) is 0 Å². The SMILES string of the molecule is CC(=O)C(O)Cc1cc(Br)c(O)c(Br)c1. The molecule has 0 spiro atoms. The molecule has 0 fully saturated rings. The van der Waals surface area contributed by atoms with Crippen LogP contribution in [0.5, 0.6) is 5.75 Å². The third kappa shape index (κ3) is 3.29. The standard InChI is InChI=1S/C10H10Br2O3/c1-5(13)9(14)4-6-2-7(11)10(15)8(12)3-6/h2-3,9,14-15H,4H2,1H3. The Balaban J connectivity index is 2.92. The van der Waals surface area contributed by atoms with Gasteiger partial charge in [0.1, 0.15) is 11.9 Å². The molecule has 0 radical (unpaired) electrons. The van der Waals surface area contributed by atoms with Crippen molar-refractivity contribution in [2.24, 2.45) is 0 Å². The summed E-state index contributed by atoms with van der Waals surface area (Å²) < 4.78 is 1.06. The largest absolute Gasteiger partial charge is 0.506 e. The molecule has 0 saturated heterocycles. The number of Topliss-reactive ketones (excluding diaryl/α,β-unsaturated/α-hetero) is 1. The monoisotopic (exact) mass is 336 g/mol. The van der Waals surface area contributed by atoms with Gasteiger partial charge < -0.3 is 10.2 Å². The van der Waals surface area contributed by atoms with Gasteiger partial charge in [0.15, 0.2) is 5.78 Å². The highest BCUT2D eigenvalue weighted by atomic mass is 79.9. The first-order chi connectivity index (χ1) is 6.91. The number of ketones is 1. The fourth-order valence-electron chi connectivity index (χ4n) is 1.10. The van der Waals surface area contributed by atoms with E-state index in [-0.39, 0.29) is 18.0 Å². The zero-order chi connectivity index (χ0) is 11.6. The molecule has 0 amide bonds. The molecule has 1 atom stereocenters. The third-order valence-electron chi connectivity index (χ3n) is 1.97. The fraction of sp³-hybridized carbons (Fsp3) is 0.300. The van der Waals surface area contributed by atoms with Crippen molar-refractivity contribution in [3.63, 3.8) is 0 Å². The summed E-state index contributed by atoms with van der Waals surface area (Å²) in [6.45, 7) is 1.34. The topological polar surface area (TPSA) is 57.5 Å². The lowest BCUT2D eigenvalue weighted by Gasteiger charge is -2.09. The Bertz CT molecular complexity index is 367. The Morgan fingerprint density at radius 3 is 2.27 bits per heavy atom. The molecule has 1 aromatic rings. The molecule has 0 heterocycles. The van der Waals surface area contributed by atoms with Crippen molar-refractivity contribution in [1.82, 2.24) is 0 Å². The smallest absolute Gasteiger partial charge is 0.158 e. The zero-order valence-corrected chi connectivity index (χ0v) is 11.2. The van der Waals surface area contributed by atoms with E-state index >= 15 is 0 Å². The lowest BCUT2D eigenvalue weighted by atomic mass is 10.1. The van der Waals surface area contributed by atoms with Crippen molar-refractivity contribution in [3.8, 4) is 5.75 Å². The number of rotatable bonds is 3. The Kier molecular flexibility index (Phi) is 4.31. The summed E-state index contributed by atoms with van der Waals surface area (Å²) in [5.74, 6) is -0.161. The maximum absolute atomic E-state index is 10.9. The summed E-state index contributed by atoms with van der Waals surface area (Å²) in [6.07, 6.45) is -0.749. The minimum Gasteiger partial charge on any atom is -0.506 e. The van der Waals surface area contributed by atoms with Gasteiger partial charge in [-0.3, -0.25) is 4.79 Å². The number of halogens is 2. The normalized spacial score (nSPS) is 12.5. The van der Waals surface area contributed by atoms with Gasteiger partial charge >= 0.3 is 0 Å². The van der Waals surface area contributed by atoms with Crippen LogP contribution in [0.15, 0.2) is 21.1 Å². The van der Waals surface area contributed by atoms with Crippen molar-refractivity contribution in [1.29, 1.82) is 0 Å². The number of aliphatic hydroxyl groups excluding tert-OH is 1. The van der Waals surface area contributed by atoms with Crippen molar-refractivity contribution < 1.29 is 15.0 Å². The van der Waals surface area contributed by atoms with E-state index in [9.17, 15) is 15.0 Å². The van der Waals surface area contributed by atoms with Crippen LogP contribution in [0.3, 0.4) is 0 Å². The average molecular weight is 338 g/mol. The number of phenols is 1. The zero-order valence-electron chi connectivity index (χ0n) is 8.00. The highest BCUT2D eigenvalue weighted by Crippen LogP contribution is 2.33. The number of carbonyl (C=O) groups excluding carboxylic acids is 1. The first-order valence-corrected chi connectivity index (χ1v) is 5.86. The highest BCUT2D eigenvalue weighted by molar-refractivity contribution is 9.11. The van der Waals surface area contributed by atoms with Gasteiger partial charge in [0.05, 0.1) is 8.95 Å². The molecular formula is C10H10Br2O3. The number of carbonyl (C=O) groups is 1. The molecule has 1 unspecified atom stereocenters. The lowest BCUT2D eigenvalue weighted by Crippen LogP contribution is -2.19. The molecule has 0 aliphatic heterocycles. The number of hydrogen-bond acceptors (Lipinski definition) is 3. The number of hydrogen-bond donors (Lipinski definition) is 2. The Morgan fingerprint density at radius 2 is 1.87 bits per heavy atom. The predicted molar refractivity (Wildman–Crippen MR) is 63.9 cm³/mol.